The van der Waals surface area contributed by atoms with Crippen LogP contribution in [0.15, 0.2) is 146 Å². The first-order chi connectivity index (χ1) is 13.5. The second-order valence-electron chi connectivity index (χ2n) is 5.55. The summed E-state index contributed by atoms with van der Waals surface area (Å²) >= 11 is 0. The molecular weight excluding hydrogens is 344 g/mol. The van der Waals surface area contributed by atoms with Crippen LogP contribution in [-0.4, -0.2) is 5.71 Å². The first-order valence-corrected chi connectivity index (χ1v) is 8.53. The van der Waals surface area contributed by atoms with Crippen molar-refractivity contribution in [2.24, 2.45) is 5.73 Å². The van der Waals surface area contributed by atoms with Gasteiger partial charge in [-0.2, -0.15) is 0 Å². The minimum absolute atomic E-state index is 0.201. The number of rotatable bonds is 10. The molecule has 0 aromatic rings. The van der Waals surface area contributed by atoms with Crippen molar-refractivity contribution in [3.05, 3.63) is 146 Å². The summed E-state index contributed by atoms with van der Waals surface area (Å²) in [6.45, 7) is 22.7. The molecule has 0 radical (unpaired) electrons. The van der Waals surface area contributed by atoms with Gasteiger partial charge in [-0.3, -0.25) is 0 Å². The SMILES string of the molecule is C=C/C=C\C(=C/C=C)C1=C(C=C)/C(=C\C(=N)C=C)OC(/C=C(/N)C=C)=C1C=C. The highest BCUT2D eigenvalue weighted by molar-refractivity contribution is 6.02. The molecule has 1 heterocycles. The molecule has 0 aliphatic carbocycles. The highest BCUT2D eigenvalue weighted by Gasteiger charge is 2.25. The average molecular weight is 370 g/mol. The monoisotopic (exact) mass is 370 g/mol. The van der Waals surface area contributed by atoms with Gasteiger partial charge in [0.1, 0.15) is 11.5 Å². The fourth-order valence-electron chi connectivity index (χ4n) is 2.48. The van der Waals surface area contributed by atoms with Gasteiger partial charge in [-0.1, -0.05) is 82.0 Å². The van der Waals surface area contributed by atoms with Gasteiger partial charge in [0, 0.05) is 34.6 Å². The van der Waals surface area contributed by atoms with Crippen LogP contribution in [0, 0.1) is 5.41 Å². The zero-order valence-corrected chi connectivity index (χ0v) is 16.1. The Bertz CT molecular complexity index is 912. The highest BCUT2D eigenvalue weighted by Crippen LogP contribution is 2.38. The molecular formula is C25H26N2O. The third-order valence-electron chi connectivity index (χ3n) is 3.74. The summed E-state index contributed by atoms with van der Waals surface area (Å²) in [5.74, 6) is 0.934. The third-order valence-corrected chi connectivity index (χ3v) is 3.74. The van der Waals surface area contributed by atoms with Crippen molar-refractivity contribution >= 4 is 5.71 Å². The number of ether oxygens (including phenoxy) is 1. The number of hydrogen-bond donors (Lipinski definition) is 2. The molecule has 1 aliphatic heterocycles. The molecule has 0 unspecified atom stereocenters. The molecule has 3 nitrogen and oxygen atoms in total. The van der Waals surface area contributed by atoms with Crippen LogP contribution in [0.5, 0.6) is 0 Å². The zero-order chi connectivity index (χ0) is 21.1. The van der Waals surface area contributed by atoms with Gasteiger partial charge in [-0.05, 0) is 17.7 Å². The quantitative estimate of drug-likeness (QED) is 0.371. The van der Waals surface area contributed by atoms with E-state index in [1.807, 2.05) is 18.2 Å². The Morgan fingerprint density at radius 2 is 1.61 bits per heavy atom. The molecule has 0 aromatic carbocycles. The maximum Gasteiger partial charge on any atom is 0.137 e. The molecule has 0 aromatic heterocycles. The van der Waals surface area contributed by atoms with Gasteiger partial charge in [-0.25, -0.2) is 0 Å². The smallest absolute Gasteiger partial charge is 0.137 e. The first-order valence-electron chi connectivity index (χ1n) is 8.53. The van der Waals surface area contributed by atoms with Crippen molar-refractivity contribution < 1.29 is 4.74 Å². The fourth-order valence-corrected chi connectivity index (χ4v) is 2.48. The summed E-state index contributed by atoms with van der Waals surface area (Å²) < 4.78 is 6.05. The molecule has 3 N–H and O–H groups in total. The maximum absolute atomic E-state index is 7.96. The van der Waals surface area contributed by atoms with E-state index in [0.717, 1.165) is 16.7 Å². The van der Waals surface area contributed by atoms with Gasteiger partial charge in [0.25, 0.3) is 0 Å². The molecule has 142 valence electrons. The molecule has 0 amide bonds. The Balaban J connectivity index is 4.01. The van der Waals surface area contributed by atoms with Gasteiger partial charge in [0.2, 0.25) is 0 Å². The van der Waals surface area contributed by atoms with E-state index in [0.29, 0.717) is 22.8 Å². The van der Waals surface area contributed by atoms with Crippen LogP contribution in [0.1, 0.15) is 0 Å². The number of hydrogen-bond acceptors (Lipinski definition) is 3. The number of allylic oxidation sites excluding steroid dienone is 14. The van der Waals surface area contributed by atoms with E-state index in [2.05, 4.69) is 39.5 Å². The Kier molecular flexibility index (Phi) is 8.71. The topological polar surface area (TPSA) is 59.1 Å². The van der Waals surface area contributed by atoms with Crippen LogP contribution >= 0.6 is 0 Å². The summed E-state index contributed by atoms with van der Waals surface area (Å²) in [5, 5.41) is 7.96. The lowest BCUT2D eigenvalue weighted by Crippen LogP contribution is -2.12. The van der Waals surface area contributed by atoms with Gasteiger partial charge < -0.3 is 15.9 Å². The van der Waals surface area contributed by atoms with E-state index >= 15 is 0 Å². The van der Waals surface area contributed by atoms with Crippen LogP contribution < -0.4 is 5.73 Å². The van der Waals surface area contributed by atoms with Crippen LogP contribution in [0.4, 0.5) is 0 Å². The Labute approximate surface area is 167 Å². The Morgan fingerprint density at radius 1 is 0.929 bits per heavy atom. The van der Waals surface area contributed by atoms with Crippen molar-refractivity contribution in [1.29, 1.82) is 5.41 Å². The van der Waals surface area contributed by atoms with Crippen molar-refractivity contribution in [2.45, 2.75) is 0 Å². The maximum atomic E-state index is 7.96. The minimum Gasteiger partial charge on any atom is -0.456 e. The zero-order valence-electron chi connectivity index (χ0n) is 16.1. The molecule has 3 heteroatoms. The number of nitrogens with two attached hydrogens (primary N) is 1. The van der Waals surface area contributed by atoms with Crippen molar-refractivity contribution in [1.82, 2.24) is 0 Å². The van der Waals surface area contributed by atoms with Crippen LogP contribution in [0.25, 0.3) is 0 Å². The van der Waals surface area contributed by atoms with Gasteiger partial charge in [-0.15, -0.1) is 0 Å². The second kappa shape index (κ2) is 11.0. The largest absolute Gasteiger partial charge is 0.456 e. The van der Waals surface area contributed by atoms with Gasteiger partial charge in [0.15, 0.2) is 0 Å². The van der Waals surface area contributed by atoms with E-state index in [1.54, 1.807) is 36.5 Å². The standard InChI is InChI=1S/C25H26N2O/c1-7-13-15-18(14-8-2)25-21(11-5)23(16-19(26)9-3)28-24(22(25)12-6)17-20(27)10-4/h7-17,26H,1-6,27H2/b15-13-,18-14+,20-17+,23-16+,26-19?. The predicted octanol–water partition coefficient (Wildman–Crippen LogP) is 5.91. The van der Waals surface area contributed by atoms with E-state index in [-0.39, 0.29) is 5.71 Å². The third kappa shape index (κ3) is 5.32. The van der Waals surface area contributed by atoms with Gasteiger partial charge in [0.05, 0.1) is 5.71 Å². The van der Waals surface area contributed by atoms with Gasteiger partial charge >= 0.3 is 0 Å². The molecule has 0 saturated heterocycles. The average Bonchev–Trinajstić information content (AvgIpc) is 2.70. The van der Waals surface area contributed by atoms with Crippen LogP contribution in [0.2, 0.25) is 0 Å². The minimum atomic E-state index is 0.201. The molecule has 1 aliphatic rings. The van der Waals surface area contributed by atoms with Crippen molar-refractivity contribution in [3.63, 3.8) is 0 Å². The normalized spacial score (nSPS) is 16.6. The summed E-state index contributed by atoms with van der Waals surface area (Å²) in [4.78, 5) is 0. The Hall–Kier alpha value is -3.85. The van der Waals surface area contributed by atoms with Crippen molar-refractivity contribution in [3.8, 4) is 0 Å². The van der Waals surface area contributed by atoms with E-state index in [9.17, 15) is 0 Å². The molecule has 0 saturated carbocycles. The van der Waals surface area contributed by atoms with Crippen LogP contribution in [-0.2, 0) is 4.74 Å². The molecule has 0 atom stereocenters. The first kappa shape index (κ1) is 22.2. The Morgan fingerprint density at radius 3 is 2.11 bits per heavy atom. The van der Waals surface area contributed by atoms with Crippen molar-refractivity contribution in [2.75, 3.05) is 0 Å². The summed E-state index contributed by atoms with van der Waals surface area (Å²) in [6, 6.07) is 0. The molecule has 1 rings (SSSR count). The molecule has 0 bridgehead atoms. The molecule has 28 heavy (non-hydrogen) atoms. The summed E-state index contributed by atoms with van der Waals surface area (Å²) in [6.07, 6.45) is 18.5. The lowest BCUT2D eigenvalue weighted by atomic mass is 9.87. The second-order valence-corrected chi connectivity index (χ2v) is 5.55. The van der Waals surface area contributed by atoms with E-state index < -0.39 is 0 Å². The molecule has 0 fully saturated rings. The van der Waals surface area contributed by atoms with E-state index in [4.69, 9.17) is 15.9 Å². The predicted molar refractivity (Wildman–Crippen MR) is 122 cm³/mol. The van der Waals surface area contributed by atoms with E-state index in [1.165, 1.54) is 12.2 Å². The summed E-state index contributed by atoms with van der Waals surface area (Å²) in [7, 11) is 0. The number of nitrogens with one attached hydrogen (secondary N) is 1. The lowest BCUT2D eigenvalue weighted by Gasteiger charge is -2.26. The summed E-state index contributed by atoms with van der Waals surface area (Å²) in [5.41, 5.74) is 9.68. The highest BCUT2D eigenvalue weighted by atomic mass is 16.5. The fraction of sp³-hybridized carbons (Fsp3) is 0. The lowest BCUT2D eigenvalue weighted by molar-refractivity contribution is 0.323. The molecule has 0 spiro atoms. The van der Waals surface area contributed by atoms with Crippen LogP contribution in [0.3, 0.4) is 0 Å².